The highest BCUT2D eigenvalue weighted by molar-refractivity contribution is 5.78. The molecule has 1 aliphatic carbocycles. The average Bonchev–Trinajstić information content (AvgIpc) is 2.45. The Labute approximate surface area is 119 Å². The van der Waals surface area contributed by atoms with E-state index in [1.54, 1.807) is 0 Å². The van der Waals surface area contributed by atoms with E-state index in [4.69, 9.17) is 0 Å². The smallest absolute Gasteiger partial charge is 0.223 e. The molecule has 1 aliphatic rings. The molecule has 112 valence electrons. The minimum atomic E-state index is 0.205. The zero-order valence-corrected chi connectivity index (χ0v) is 13.1. The van der Waals surface area contributed by atoms with Gasteiger partial charge in [0, 0.05) is 18.5 Å². The normalized spacial score (nSPS) is 17.1. The van der Waals surface area contributed by atoms with E-state index < -0.39 is 0 Å². The maximum Gasteiger partial charge on any atom is 0.223 e. The predicted molar refractivity (Wildman–Crippen MR) is 81.2 cm³/mol. The number of amides is 1. The van der Waals surface area contributed by atoms with Gasteiger partial charge >= 0.3 is 0 Å². The van der Waals surface area contributed by atoms with Gasteiger partial charge in [0.2, 0.25) is 5.91 Å². The van der Waals surface area contributed by atoms with Crippen LogP contribution in [0.25, 0.3) is 0 Å². The number of hydrogen-bond acceptors (Lipinski definition) is 2. The van der Waals surface area contributed by atoms with Crippen LogP contribution in [0.1, 0.15) is 65.2 Å². The molecule has 1 rings (SSSR count). The fourth-order valence-electron chi connectivity index (χ4n) is 3.05. The first-order valence-electron chi connectivity index (χ1n) is 8.17. The lowest BCUT2D eigenvalue weighted by molar-refractivity contribution is -0.125. The van der Waals surface area contributed by atoms with Gasteiger partial charge in [0.05, 0.1) is 0 Å². The van der Waals surface area contributed by atoms with Gasteiger partial charge in [0.15, 0.2) is 0 Å². The van der Waals surface area contributed by atoms with Gasteiger partial charge in [0.25, 0.3) is 0 Å². The maximum atomic E-state index is 11.8. The van der Waals surface area contributed by atoms with Gasteiger partial charge in [-0.1, -0.05) is 33.1 Å². The van der Waals surface area contributed by atoms with E-state index in [-0.39, 0.29) is 11.8 Å². The first-order valence-corrected chi connectivity index (χ1v) is 8.17. The highest BCUT2D eigenvalue weighted by atomic mass is 16.1. The van der Waals surface area contributed by atoms with Crippen LogP contribution >= 0.6 is 0 Å². The van der Waals surface area contributed by atoms with Gasteiger partial charge in [-0.3, -0.25) is 4.79 Å². The zero-order chi connectivity index (χ0) is 14.1. The molecule has 0 radical (unpaired) electrons. The molecule has 0 saturated heterocycles. The summed E-state index contributed by atoms with van der Waals surface area (Å²) in [5.74, 6) is 0.446. The highest BCUT2D eigenvalue weighted by Gasteiger charge is 2.17. The molecule has 0 spiro atoms. The summed E-state index contributed by atoms with van der Waals surface area (Å²) >= 11 is 0. The lowest BCUT2D eigenvalue weighted by Gasteiger charge is -2.31. The van der Waals surface area contributed by atoms with Crippen molar-refractivity contribution in [2.75, 3.05) is 20.1 Å². The van der Waals surface area contributed by atoms with Crippen LogP contribution in [0.5, 0.6) is 0 Å². The first-order chi connectivity index (χ1) is 9.19. The first kappa shape index (κ1) is 16.5. The molecule has 0 bridgehead atoms. The average molecular weight is 268 g/mol. The van der Waals surface area contributed by atoms with Crippen molar-refractivity contribution in [1.29, 1.82) is 0 Å². The Bertz CT molecular complexity index is 245. The van der Waals surface area contributed by atoms with Crippen molar-refractivity contribution in [3.05, 3.63) is 0 Å². The van der Waals surface area contributed by atoms with E-state index in [0.29, 0.717) is 0 Å². The van der Waals surface area contributed by atoms with Crippen LogP contribution in [0.2, 0.25) is 0 Å². The van der Waals surface area contributed by atoms with Crippen molar-refractivity contribution in [3.63, 3.8) is 0 Å². The summed E-state index contributed by atoms with van der Waals surface area (Å²) in [6, 6.07) is 0.781. The fourth-order valence-corrected chi connectivity index (χ4v) is 3.05. The van der Waals surface area contributed by atoms with Crippen molar-refractivity contribution < 1.29 is 4.79 Å². The van der Waals surface area contributed by atoms with Gasteiger partial charge in [0.1, 0.15) is 0 Å². The number of hydrogen-bond donors (Lipinski definition) is 1. The molecule has 0 atom stereocenters. The second kappa shape index (κ2) is 9.35. The number of rotatable bonds is 8. The molecule has 3 nitrogen and oxygen atoms in total. The van der Waals surface area contributed by atoms with Crippen molar-refractivity contribution in [2.24, 2.45) is 5.92 Å². The van der Waals surface area contributed by atoms with Crippen LogP contribution in [0, 0.1) is 5.92 Å². The highest BCUT2D eigenvalue weighted by Crippen LogP contribution is 2.21. The Hall–Kier alpha value is -0.570. The van der Waals surface area contributed by atoms with Crippen LogP contribution in [0.4, 0.5) is 0 Å². The third-order valence-electron chi connectivity index (χ3n) is 4.54. The van der Waals surface area contributed by atoms with E-state index in [9.17, 15) is 4.79 Å². The van der Waals surface area contributed by atoms with Crippen LogP contribution in [0.3, 0.4) is 0 Å². The second-order valence-electron chi connectivity index (χ2n) is 5.93. The summed E-state index contributed by atoms with van der Waals surface area (Å²) in [7, 11) is 2.23. The molecule has 0 unspecified atom stereocenters. The second-order valence-corrected chi connectivity index (χ2v) is 5.93. The topological polar surface area (TPSA) is 32.3 Å². The molecule has 0 aromatic heterocycles. The zero-order valence-electron chi connectivity index (χ0n) is 13.1. The quantitative estimate of drug-likeness (QED) is 0.686. The summed E-state index contributed by atoms with van der Waals surface area (Å²) < 4.78 is 0. The van der Waals surface area contributed by atoms with E-state index in [1.165, 1.54) is 32.1 Å². The Morgan fingerprint density at radius 3 is 2.42 bits per heavy atom. The summed E-state index contributed by atoms with van der Waals surface area (Å²) in [6.45, 7) is 6.11. The number of carbonyl (C=O) groups excluding carboxylic acids is 1. The summed E-state index contributed by atoms with van der Waals surface area (Å²) in [5, 5.41) is 3.08. The summed E-state index contributed by atoms with van der Waals surface area (Å²) in [5.41, 5.74) is 0. The van der Waals surface area contributed by atoms with Gasteiger partial charge in [-0.25, -0.2) is 0 Å². The predicted octanol–water partition coefficient (Wildman–Crippen LogP) is 3.19. The van der Waals surface area contributed by atoms with Crippen molar-refractivity contribution in [2.45, 2.75) is 71.3 Å². The van der Waals surface area contributed by atoms with Crippen molar-refractivity contribution in [1.82, 2.24) is 10.2 Å². The molecule has 0 heterocycles. The molecular weight excluding hydrogens is 236 g/mol. The van der Waals surface area contributed by atoms with E-state index in [1.807, 2.05) is 0 Å². The molecule has 1 fully saturated rings. The summed E-state index contributed by atoms with van der Waals surface area (Å²) in [6.07, 6.45) is 9.87. The molecule has 1 amide bonds. The standard InChI is InChI=1S/C16H32N2O/c1-4-14(5-2)16(19)17-12-9-13-18(3)15-10-7-6-8-11-15/h14-15H,4-13H2,1-3H3,(H,17,19). The molecular formula is C16H32N2O. The monoisotopic (exact) mass is 268 g/mol. The lowest BCUT2D eigenvalue weighted by Crippen LogP contribution is -2.36. The van der Waals surface area contributed by atoms with Crippen molar-refractivity contribution >= 4 is 5.91 Å². The van der Waals surface area contributed by atoms with Crippen LogP contribution in [-0.4, -0.2) is 37.0 Å². The van der Waals surface area contributed by atoms with Gasteiger partial charge in [-0.2, -0.15) is 0 Å². The van der Waals surface area contributed by atoms with E-state index in [0.717, 1.165) is 38.4 Å². The SMILES string of the molecule is CCC(CC)C(=O)NCCCN(C)C1CCCCC1. The maximum absolute atomic E-state index is 11.8. The minimum absolute atomic E-state index is 0.205. The Balaban J connectivity index is 2.11. The molecule has 3 heteroatoms. The fraction of sp³-hybridized carbons (Fsp3) is 0.938. The van der Waals surface area contributed by atoms with Crippen LogP contribution in [0.15, 0.2) is 0 Å². The molecule has 0 aromatic rings. The largest absolute Gasteiger partial charge is 0.356 e. The van der Waals surface area contributed by atoms with Gasteiger partial charge in [-0.05, 0) is 45.7 Å². The van der Waals surface area contributed by atoms with E-state index >= 15 is 0 Å². The molecule has 0 aromatic carbocycles. The van der Waals surface area contributed by atoms with Gasteiger partial charge < -0.3 is 10.2 Å². The molecule has 1 N–H and O–H groups in total. The summed E-state index contributed by atoms with van der Waals surface area (Å²) in [4.78, 5) is 14.3. The molecule has 1 saturated carbocycles. The van der Waals surface area contributed by atoms with Crippen molar-refractivity contribution in [3.8, 4) is 0 Å². The van der Waals surface area contributed by atoms with Crippen LogP contribution < -0.4 is 5.32 Å². The van der Waals surface area contributed by atoms with Gasteiger partial charge in [-0.15, -0.1) is 0 Å². The Morgan fingerprint density at radius 2 is 1.84 bits per heavy atom. The number of nitrogens with zero attached hydrogens (tertiary/aromatic N) is 1. The Kier molecular flexibility index (Phi) is 8.11. The Morgan fingerprint density at radius 1 is 1.21 bits per heavy atom. The lowest BCUT2D eigenvalue weighted by atomic mass is 9.94. The number of carbonyl (C=O) groups is 1. The van der Waals surface area contributed by atoms with E-state index in [2.05, 4.69) is 31.1 Å². The third-order valence-corrected chi connectivity index (χ3v) is 4.54. The minimum Gasteiger partial charge on any atom is -0.356 e. The molecule has 19 heavy (non-hydrogen) atoms. The van der Waals surface area contributed by atoms with Crippen LogP contribution in [-0.2, 0) is 4.79 Å². The molecule has 0 aliphatic heterocycles. The number of nitrogens with one attached hydrogen (secondary N) is 1. The third kappa shape index (κ3) is 5.94.